The topological polar surface area (TPSA) is 20.2 Å². The van der Waals surface area contributed by atoms with Gasteiger partial charge in [0, 0.05) is 6.61 Å². The van der Waals surface area contributed by atoms with Gasteiger partial charge in [0.15, 0.2) is 0 Å². The van der Waals surface area contributed by atoms with Crippen molar-refractivity contribution in [2.24, 2.45) is 0 Å². The van der Waals surface area contributed by atoms with Crippen LogP contribution in [0, 0.1) is 26.5 Å². The second-order valence-electron chi connectivity index (χ2n) is 2.58. The Labute approximate surface area is 148 Å². The summed E-state index contributed by atoms with van der Waals surface area (Å²) in [6.45, 7) is 5.51. The summed E-state index contributed by atoms with van der Waals surface area (Å²) < 4.78 is 0. The van der Waals surface area contributed by atoms with Crippen molar-refractivity contribution in [2.45, 2.75) is 19.3 Å². The summed E-state index contributed by atoms with van der Waals surface area (Å²) in [5.74, 6) is 0. The molecule has 0 amide bonds. The number of hydrogen-bond acceptors (Lipinski definition) is 1. The van der Waals surface area contributed by atoms with E-state index in [9.17, 15) is 0 Å². The van der Waals surface area contributed by atoms with Gasteiger partial charge in [-0.25, -0.2) is 24.3 Å². The molecule has 0 atom stereocenters. The van der Waals surface area contributed by atoms with Crippen LogP contribution >= 0.6 is 24.8 Å². The third-order valence-corrected chi connectivity index (χ3v) is 1.33. The fourth-order valence-electron chi connectivity index (χ4n) is 0.680. The average Bonchev–Trinajstić information content (AvgIpc) is 3.07. The molecule has 0 saturated heterocycles. The Bertz CT molecular complexity index is 198. The van der Waals surface area contributed by atoms with E-state index >= 15 is 0 Å². The van der Waals surface area contributed by atoms with Gasteiger partial charge in [-0.3, -0.25) is 12.2 Å². The predicted molar refractivity (Wildman–Crippen MR) is 89.7 cm³/mol. The molecule has 0 saturated carbocycles. The molecular weight excluding hydrogens is 374 g/mol. The zero-order valence-electron chi connectivity index (χ0n) is 11.5. The third kappa shape index (κ3) is 38.1. The molecule has 0 aromatic heterocycles. The van der Waals surface area contributed by atoms with E-state index in [0.717, 1.165) is 12.8 Å². The predicted octanol–water partition coefficient (Wildman–Crippen LogP) is 3.19. The number of allylic oxidation sites excluding steroid dienone is 8. The van der Waals surface area contributed by atoms with Crippen molar-refractivity contribution in [2.75, 3.05) is 6.61 Å². The molecule has 0 fully saturated rings. The maximum atomic E-state index is 7.81. The molecule has 1 nitrogen and oxygen atoms in total. The van der Waals surface area contributed by atoms with Crippen LogP contribution in [-0.2, 0) is 23.3 Å². The van der Waals surface area contributed by atoms with Crippen molar-refractivity contribution >= 4 is 31.7 Å². The van der Waals surface area contributed by atoms with Gasteiger partial charge in [-0.05, 0) is 0 Å². The minimum atomic E-state index is 0. The van der Waals surface area contributed by atoms with Gasteiger partial charge in [0.05, 0.1) is 0 Å². The molecule has 0 heterocycles. The maximum absolute atomic E-state index is 7.81. The zero-order chi connectivity index (χ0) is 12.5. The molecular formula is C14H24Cl2OSiZr-4. The van der Waals surface area contributed by atoms with Gasteiger partial charge in [-0.1, -0.05) is 0 Å². The van der Waals surface area contributed by atoms with E-state index in [-0.39, 0.29) is 38.8 Å². The minimum absolute atomic E-state index is 0. The van der Waals surface area contributed by atoms with Crippen LogP contribution in [0.4, 0.5) is 0 Å². The van der Waals surface area contributed by atoms with E-state index in [1.54, 1.807) is 23.3 Å². The van der Waals surface area contributed by atoms with Crippen molar-refractivity contribution in [1.29, 1.82) is 0 Å². The number of aliphatic hydroxyl groups is 1. The molecule has 2 aliphatic carbocycles. The summed E-state index contributed by atoms with van der Waals surface area (Å²) in [7, 11) is 0. The monoisotopic (exact) mass is 396 g/mol. The summed E-state index contributed by atoms with van der Waals surface area (Å²) >= 11 is 1.58. The molecule has 0 aromatic carbocycles. The molecule has 19 heavy (non-hydrogen) atoms. The van der Waals surface area contributed by atoms with Crippen molar-refractivity contribution in [3.63, 3.8) is 0 Å². The number of rotatable bonds is 1. The second-order valence-corrected chi connectivity index (χ2v) is 2.58. The van der Waals surface area contributed by atoms with Crippen LogP contribution in [0.5, 0.6) is 0 Å². The van der Waals surface area contributed by atoms with Gasteiger partial charge in [0.1, 0.15) is 0 Å². The molecule has 2 rings (SSSR count). The van der Waals surface area contributed by atoms with Gasteiger partial charge >= 0.3 is 30.2 Å². The SMILES string of the molecule is Cl.Cl.[C-]1=CC=CC1.[C-]1=CC=CC1.[CH2-]CCO.[CH3-].[SiH2]=[Zr]. The second kappa shape index (κ2) is 36.3. The number of halogens is 2. The Hall–Kier alpha value is 0.600. The van der Waals surface area contributed by atoms with E-state index in [0.29, 0.717) is 6.42 Å². The van der Waals surface area contributed by atoms with E-state index in [4.69, 9.17) is 5.11 Å². The number of hydrogen-bond donors (Lipinski definition) is 1. The van der Waals surface area contributed by atoms with Gasteiger partial charge < -0.3 is 19.5 Å². The Morgan fingerprint density at radius 3 is 1.42 bits per heavy atom. The first-order valence-electron chi connectivity index (χ1n) is 5.10. The summed E-state index contributed by atoms with van der Waals surface area (Å²) in [4.78, 5) is 0. The summed E-state index contributed by atoms with van der Waals surface area (Å²) in [6, 6.07) is 0. The Balaban J connectivity index is -0.0000000454. The van der Waals surface area contributed by atoms with E-state index < -0.39 is 0 Å². The van der Waals surface area contributed by atoms with Gasteiger partial charge in [-0.2, -0.15) is 18.6 Å². The fourth-order valence-corrected chi connectivity index (χ4v) is 0.680. The van der Waals surface area contributed by atoms with E-state index in [2.05, 4.69) is 31.2 Å². The molecule has 0 bridgehead atoms. The van der Waals surface area contributed by atoms with Crippen molar-refractivity contribution in [1.82, 2.24) is 0 Å². The molecule has 2 aliphatic rings. The Morgan fingerprint density at radius 2 is 1.37 bits per heavy atom. The summed E-state index contributed by atoms with van der Waals surface area (Å²) in [5, 5.41) is 7.81. The first-order chi connectivity index (χ1) is 7.91. The molecule has 0 unspecified atom stereocenters. The molecule has 5 heteroatoms. The Morgan fingerprint density at radius 1 is 1.05 bits per heavy atom. The molecule has 1 N–H and O–H groups in total. The van der Waals surface area contributed by atoms with E-state index in [1.165, 1.54) is 0 Å². The average molecular weight is 399 g/mol. The summed E-state index contributed by atoms with van der Waals surface area (Å²) in [5.41, 5.74) is 0. The summed E-state index contributed by atoms with van der Waals surface area (Å²) in [6.07, 6.45) is 20.6. The molecule has 0 spiro atoms. The quantitative estimate of drug-likeness (QED) is 0.531. The van der Waals surface area contributed by atoms with Crippen LogP contribution in [0.25, 0.3) is 0 Å². The van der Waals surface area contributed by atoms with Crippen molar-refractivity contribution < 1.29 is 28.4 Å². The van der Waals surface area contributed by atoms with Gasteiger partial charge in [-0.15, -0.1) is 37.7 Å². The van der Waals surface area contributed by atoms with Crippen molar-refractivity contribution in [3.8, 4) is 0 Å². The molecule has 0 aliphatic heterocycles. The molecule has 112 valence electrons. The van der Waals surface area contributed by atoms with Gasteiger partial charge in [0.25, 0.3) is 0 Å². The Kier molecular flexibility index (Phi) is 60.8. The first-order valence-corrected chi connectivity index (χ1v) is 11.0. The third-order valence-electron chi connectivity index (χ3n) is 1.33. The van der Waals surface area contributed by atoms with Crippen LogP contribution in [0.1, 0.15) is 19.3 Å². The first kappa shape index (κ1) is 31.8. The fraction of sp³-hybridized carbons (Fsp3) is 0.286. The van der Waals surface area contributed by atoms with Crippen LogP contribution in [0.3, 0.4) is 0 Å². The normalized spacial score (nSPS) is 11.0. The van der Waals surface area contributed by atoms with Crippen LogP contribution < -0.4 is 0 Å². The van der Waals surface area contributed by atoms with Gasteiger partial charge in [0.2, 0.25) is 0 Å². The molecule has 0 aromatic rings. The van der Waals surface area contributed by atoms with E-state index in [1.807, 2.05) is 31.2 Å². The standard InChI is InChI=1S/2C5H5.C3H7O.CH3.2ClH.H2Si.Zr/c2*1-2-4-5-3-1;1-2-3-4;;;;;/h2*1-3H,4H2;4H,1-3H2;1H3;2*1H;1H2;/q4*-1;;;;. The number of aliphatic hydroxyl groups excluding tert-OH is 1. The van der Waals surface area contributed by atoms with Crippen molar-refractivity contribution in [3.05, 3.63) is 63.0 Å². The van der Waals surface area contributed by atoms with Crippen LogP contribution in [-0.4, -0.2) is 18.6 Å². The van der Waals surface area contributed by atoms with Crippen LogP contribution in [0.2, 0.25) is 0 Å². The van der Waals surface area contributed by atoms with Crippen LogP contribution in [0.15, 0.2) is 36.5 Å². The zero-order valence-corrected chi connectivity index (χ0v) is 17.0. The molecule has 0 radical (unpaired) electrons.